The molecule has 0 atom stereocenters. The maximum atomic E-state index is 15.2. The fourth-order valence-electron chi connectivity index (χ4n) is 2.89. The Morgan fingerprint density at radius 1 is 1.04 bits per heavy atom. The molecule has 0 spiro atoms. The van der Waals surface area contributed by atoms with Crippen LogP contribution in [0, 0.1) is 5.82 Å². The van der Waals surface area contributed by atoms with Gasteiger partial charge in [0.25, 0.3) is 0 Å². The highest BCUT2D eigenvalue weighted by molar-refractivity contribution is 5.73. The van der Waals surface area contributed by atoms with E-state index in [0.29, 0.717) is 33.9 Å². The maximum absolute atomic E-state index is 15.2. The quantitative estimate of drug-likeness (QED) is 0.611. The highest BCUT2D eigenvalue weighted by atomic mass is 19.1. The number of nitrogens with zero attached hydrogens (tertiary/aromatic N) is 4. The van der Waals surface area contributed by atoms with Crippen LogP contribution in [0.2, 0.25) is 0 Å². The van der Waals surface area contributed by atoms with E-state index in [-0.39, 0.29) is 5.82 Å². The lowest BCUT2D eigenvalue weighted by molar-refractivity contribution is 0.0739. The van der Waals surface area contributed by atoms with Gasteiger partial charge in [-0.25, -0.2) is 14.4 Å². The van der Waals surface area contributed by atoms with Crippen molar-refractivity contribution in [2.45, 2.75) is 19.4 Å². The second-order valence-corrected chi connectivity index (χ2v) is 6.59. The lowest BCUT2D eigenvalue weighted by Crippen LogP contribution is -2.18. The number of pyridine rings is 1. The third-order valence-corrected chi connectivity index (χ3v) is 4.25. The standard InChI is InChI=1S/C20H17FN4O/c1-20(2,26)17-8-10-25-16(12-23-19(25)24-17)15-7-3-6-14(18(15)21)13-5-4-9-22-11-13/h3-12,26H,1-2H3. The molecule has 26 heavy (non-hydrogen) atoms. The summed E-state index contributed by atoms with van der Waals surface area (Å²) in [7, 11) is 0. The molecular weight excluding hydrogens is 331 g/mol. The number of rotatable bonds is 3. The van der Waals surface area contributed by atoms with Crippen LogP contribution in [0.3, 0.4) is 0 Å². The van der Waals surface area contributed by atoms with E-state index >= 15 is 4.39 Å². The molecule has 1 aromatic carbocycles. The summed E-state index contributed by atoms with van der Waals surface area (Å²) in [6, 6.07) is 10.5. The van der Waals surface area contributed by atoms with E-state index in [4.69, 9.17) is 0 Å². The van der Waals surface area contributed by atoms with Crippen molar-refractivity contribution >= 4 is 5.78 Å². The molecule has 0 amide bonds. The number of imidazole rings is 1. The molecule has 6 heteroatoms. The second-order valence-electron chi connectivity index (χ2n) is 6.59. The van der Waals surface area contributed by atoms with Crippen LogP contribution in [0.5, 0.6) is 0 Å². The molecule has 3 aromatic heterocycles. The van der Waals surface area contributed by atoms with Crippen molar-refractivity contribution in [3.05, 3.63) is 72.7 Å². The first-order valence-electron chi connectivity index (χ1n) is 8.21. The van der Waals surface area contributed by atoms with Gasteiger partial charge in [0.1, 0.15) is 11.4 Å². The van der Waals surface area contributed by atoms with E-state index in [0.717, 1.165) is 0 Å². The van der Waals surface area contributed by atoms with Gasteiger partial charge >= 0.3 is 0 Å². The molecule has 0 radical (unpaired) electrons. The Bertz CT molecular complexity index is 1080. The SMILES string of the molecule is CC(C)(O)c1ccn2c(-c3cccc(-c4cccnc4)c3F)cnc2n1. The number of aliphatic hydroxyl groups is 1. The van der Waals surface area contributed by atoms with Crippen molar-refractivity contribution in [1.82, 2.24) is 19.4 Å². The van der Waals surface area contributed by atoms with Crippen molar-refractivity contribution in [2.24, 2.45) is 0 Å². The van der Waals surface area contributed by atoms with E-state index in [1.165, 1.54) is 0 Å². The van der Waals surface area contributed by atoms with Crippen LogP contribution < -0.4 is 0 Å². The molecule has 0 bridgehead atoms. The van der Waals surface area contributed by atoms with Crippen molar-refractivity contribution in [3.8, 4) is 22.4 Å². The van der Waals surface area contributed by atoms with E-state index in [1.54, 1.807) is 73.4 Å². The zero-order valence-electron chi connectivity index (χ0n) is 14.4. The molecule has 4 rings (SSSR count). The molecule has 0 fully saturated rings. The maximum Gasteiger partial charge on any atom is 0.234 e. The number of aromatic nitrogens is 4. The summed E-state index contributed by atoms with van der Waals surface area (Å²) in [4.78, 5) is 12.7. The van der Waals surface area contributed by atoms with Crippen molar-refractivity contribution in [1.29, 1.82) is 0 Å². The van der Waals surface area contributed by atoms with Gasteiger partial charge in [0.15, 0.2) is 0 Å². The summed E-state index contributed by atoms with van der Waals surface area (Å²) in [6.45, 7) is 3.32. The van der Waals surface area contributed by atoms with Gasteiger partial charge in [0.05, 0.1) is 17.6 Å². The first-order valence-corrected chi connectivity index (χ1v) is 8.21. The molecular formula is C20H17FN4O. The topological polar surface area (TPSA) is 63.3 Å². The number of halogens is 1. The minimum absolute atomic E-state index is 0.339. The number of hydrogen-bond donors (Lipinski definition) is 1. The van der Waals surface area contributed by atoms with E-state index in [9.17, 15) is 5.11 Å². The molecule has 1 N–H and O–H groups in total. The van der Waals surface area contributed by atoms with Crippen molar-refractivity contribution < 1.29 is 9.50 Å². The van der Waals surface area contributed by atoms with Gasteiger partial charge in [-0.2, -0.15) is 0 Å². The molecule has 0 aliphatic rings. The molecule has 4 aromatic rings. The lowest BCUT2D eigenvalue weighted by atomic mass is 10.0. The Kier molecular flexibility index (Phi) is 3.77. The van der Waals surface area contributed by atoms with Crippen LogP contribution in [-0.4, -0.2) is 24.5 Å². The Balaban J connectivity index is 1.86. The van der Waals surface area contributed by atoms with E-state index < -0.39 is 5.60 Å². The fourth-order valence-corrected chi connectivity index (χ4v) is 2.89. The summed E-state index contributed by atoms with van der Waals surface area (Å²) < 4.78 is 16.9. The van der Waals surface area contributed by atoms with Crippen LogP contribution in [0.1, 0.15) is 19.5 Å². The van der Waals surface area contributed by atoms with Crippen molar-refractivity contribution in [2.75, 3.05) is 0 Å². The predicted octanol–water partition coefficient (Wildman–Crippen LogP) is 3.82. The summed E-state index contributed by atoms with van der Waals surface area (Å²) in [6.07, 6.45) is 6.62. The van der Waals surface area contributed by atoms with Crippen molar-refractivity contribution in [3.63, 3.8) is 0 Å². The molecule has 130 valence electrons. The van der Waals surface area contributed by atoms with Gasteiger partial charge in [-0.05, 0) is 32.0 Å². The van der Waals surface area contributed by atoms with E-state index in [1.807, 2.05) is 6.07 Å². The molecule has 0 aliphatic heterocycles. The summed E-state index contributed by atoms with van der Waals surface area (Å²) in [5, 5.41) is 10.1. The van der Waals surface area contributed by atoms with Gasteiger partial charge < -0.3 is 5.11 Å². The van der Waals surface area contributed by atoms with Crippen LogP contribution in [0.15, 0.2) is 61.2 Å². The highest BCUT2D eigenvalue weighted by Gasteiger charge is 2.20. The zero-order valence-corrected chi connectivity index (χ0v) is 14.4. The van der Waals surface area contributed by atoms with E-state index in [2.05, 4.69) is 15.0 Å². The summed E-state index contributed by atoms with van der Waals surface area (Å²) in [5.74, 6) is 0.0691. The minimum atomic E-state index is -1.07. The normalized spacial score (nSPS) is 11.8. The van der Waals surface area contributed by atoms with Crippen LogP contribution in [-0.2, 0) is 5.60 Å². The fraction of sp³-hybridized carbons (Fsp3) is 0.150. The molecule has 0 saturated carbocycles. The molecule has 0 saturated heterocycles. The van der Waals surface area contributed by atoms with Crippen LogP contribution >= 0.6 is 0 Å². The molecule has 0 unspecified atom stereocenters. The minimum Gasteiger partial charge on any atom is -0.384 e. The summed E-state index contributed by atoms with van der Waals surface area (Å²) >= 11 is 0. The van der Waals surface area contributed by atoms with Gasteiger partial charge in [0, 0.05) is 35.3 Å². The van der Waals surface area contributed by atoms with Gasteiger partial charge in [-0.1, -0.05) is 18.2 Å². The molecule has 3 heterocycles. The number of fused-ring (bicyclic) bond motifs is 1. The van der Waals surface area contributed by atoms with Crippen LogP contribution in [0.25, 0.3) is 28.2 Å². The van der Waals surface area contributed by atoms with Gasteiger partial charge in [-0.15, -0.1) is 0 Å². The Hall–Kier alpha value is -3.12. The largest absolute Gasteiger partial charge is 0.384 e. The average molecular weight is 348 g/mol. The lowest BCUT2D eigenvalue weighted by Gasteiger charge is -2.16. The van der Waals surface area contributed by atoms with Gasteiger partial charge in [-0.3, -0.25) is 9.38 Å². The first kappa shape index (κ1) is 16.4. The Morgan fingerprint density at radius 2 is 1.85 bits per heavy atom. The molecule has 5 nitrogen and oxygen atoms in total. The Labute approximate surface area is 149 Å². The van der Waals surface area contributed by atoms with Crippen LogP contribution in [0.4, 0.5) is 4.39 Å². The second kappa shape index (κ2) is 6.00. The van der Waals surface area contributed by atoms with Gasteiger partial charge in [0.2, 0.25) is 5.78 Å². The molecule has 0 aliphatic carbocycles. The smallest absolute Gasteiger partial charge is 0.234 e. The number of hydrogen-bond acceptors (Lipinski definition) is 4. The monoisotopic (exact) mass is 348 g/mol. The third kappa shape index (κ3) is 2.74. The average Bonchev–Trinajstić information content (AvgIpc) is 3.05. The third-order valence-electron chi connectivity index (χ3n) is 4.25. The Morgan fingerprint density at radius 3 is 2.58 bits per heavy atom. The number of benzene rings is 1. The zero-order chi connectivity index (χ0) is 18.3. The highest BCUT2D eigenvalue weighted by Crippen LogP contribution is 2.31. The predicted molar refractivity (Wildman–Crippen MR) is 96.9 cm³/mol. The summed E-state index contributed by atoms with van der Waals surface area (Å²) in [5.41, 5.74) is 1.65. The first-order chi connectivity index (χ1) is 12.4.